The van der Waals surface area contributed by atoms with Crippen molar-refractivity contribution < 1.29 is 59.4 Å². The van der Waals surface area contributed by atoms with Crippen LogP contribution >= 0.6 is 0 Å². The maximum absolute atomic E-state index is 10.6. The van der Waals surface area contributed by atoms with E-state index < -0.39 is 74.6 Å². The van der Waals surface area contributed by atoms with E-state index in [-0.39, 0.29) is 6.61 Å². The van der Waals surface area contributed by atoms with Gasteiger partial charge in [-0.3, -0.25) is 0 Å². The van der Waals surface area contributed by atoms with Crippen LogP contribution in [0.4, 0.5) is 0 Å². The highest BCUT2D eigenvalue weighted by Crippen LogP contribution is 2.29. The van der Waals surface area contributed by atoms with E-state index in [0.717, 1.165) is 24.2 Å². The molecule has 1 aromatic carbocycles. The van der Waals surface area contributed by atoms with E-state index in [1.807, 2.05) is 24.3 Å². The third-order valence-electron chi connectivity index (χ3n) is 6.26. The lowest BCUT2D eigenvalue weighted by Crippen LogP contribution is -2.64. The van der Waals surface area contributed by atoms with Crippen molar-refractivity contribution in [2.75, 3.05) is 26.9 Å². The molecule has 0 saturated carbocycles. The van der Waals surface area contributed by atoms with Crippen molar-refractivity contribution in [2.45, 2.75) is 80.7 Å². The van der Waals surface area contributed by atoms with Gasteiger partial charge in [0, 0.05) is 6.61 Å². The van der Waals surface area contributed by atoms with E-state index in [4.69, 9.17) is 23.7 Å². The molecule has 200 valence electrons. The number of aliphatic hydroxyl groups is 7. The monoisotopic (exact) mass is 504 g/mol. The average Bonchev–Trinajstić information content (AvgIpc) is 2.88. The Balaban J connectivity index is 1.49. The predicted octanol–water partition coefficient (Wildman–Crippen LogP) is -2.34. The smallest absolute Gasteiger partial charge is 0.187 e. The molecule has 1 aromatic rings. The first kappa shape index (κ1) is 28.2. The second kappa shape index (κ2) is 13.2. The third kappa shape index (κ3) is 6.87. The first-order valence-electron chi connectivity index (χ1n) is 11.6. The second-order valence-corrected chi connectivity index (χ2v) is 8.68. The molecule has 10 atom stereocenters. The molecule has 0 amide bonds. The molecule has 2 aliphatic heterocycles. The van der Waals surface area contributed by atoms with Gasteiger partial charge in [0.25, 0.3) is 0 Å². The summed E-state index contributed by atoms with van der Waals surface area (Å²) >= 11 is 0. The van der Waals surface area contributed by atoms with E-state index in [1.54, 1.807) is 7.11 Å². The van der Waals surface area contributed by atoms with Gasteiger partial charge >= 0.3 is 0 Å². The lowest BCUT2D eigenvalue weighted by Gasteiger charge is -2.45. The van der Waals surface area contributed by atoms with Crippen LogP contribution in [0.3, 0.4) is 0 Å². The molecular weight excluding hydrogens is 468 g/mol. The highest BCUT2D eigenvalue weighted by molar-refractivity contribution is 5.27. The van der Waals surface area contributed by atoms with Crippen molar-refractivity contribution >= 4 is 0 Å². The number of benzene rings is 1. The predicted molar refractivity (Wildman–Crippen MR) is 118 cm³/mol. The molecule has 0 aromatic heterocycles. The van der Waals surface area contributed by atoms with Gasteiger partial charge in [0.1, 0.15) is 54.6 Å². The first-order valence-corrected chi connectivity index (χ1v) is 11.6. The Kier molecular flexibility index (Phi) is 10.6. The second-order valence-electron chi connectivity index (χ2n) is 8.68. The van der Waals surface area contributed by atoms with Crippen molar-refractivity contribution in [3.63, 3.8) is 0 Å². The first-order chi connectivity index (χ1) is 16.8. The average molecular weight is 505 g/mol. The fourth-order valence-electron chi connectivity index (χ4n) is 4.12. The molecule has 10 unspecified atom stereocenters. The van der Waals surface area contributed by atoms with Crippen LogP contribution in [-0.2, 0) is 25.4 Å². The van der Waals surface area contributed by atoms with Crippen LogP contribution in [0.5, 0.6) is 5.75 Å². The molecule has 12 nitrogen and oxygen atoms in total. The highest BCUT2D eigenvalue weighted by atomic mass is 16.7. The molecule has 0 aliphatic carbocycles. The summed E-state index contributed by atoms with van der Waals surface area (Å²) in [6.45, 7) is -1.03. The highest BCUT2D eigenvalue weighted by Gasteiger charge is 2.50. The molecule has 0 bridgehead atoms. The summed E-state index contributed by atoms with van der Waals surface area (Å²) in [4.78, 5) is 0. The van der Waals surface area contributed by atoms with Crippen LogP contribution in [-0.4, -0.2) is 124 Å². The summed E-state index contributed by atoms with van der Waals surface area (Å²) in [5.41, 5.74) is 1.14. The minimum Gasteiger partial charge on any atom is -0.497 e. The SMILES string of the molecule is COc1ccc(CCCCOC2OC(CO)C(OC3OC(CO)C(O)C(O)C3O)C(O)C2O)cc1. The Labute approximate surface area is 203 Å². The number of aryl methyl sites for hydroxylation is 1. The van der Waals surface area contributed by atoms with Crippen molar-refractivity contribution in [3.05, 3.63) is 29.8 Å². The van der Waals surface area contributed by atoms with E-state index in [9.17, 15) is 35.7 Å². The third-order valence-corrected chi connectivity index (χ3v) is 6.26. The quantitative estimate of drug-likeness (QED) is 0.159. The topological polar surface area (TPSA) is 188 Å². The summed E-state index contributed by atoms with van der Waals surface area (Å²) in [7, 11) is 1.61. The van der Waals surface area contributed by atoms with Gasteiger partial charge in [-0.1, -0.05) is 12.1 Å². The van der Waals surface area contributed by atoms with Gasteiger partial charge in [0.2, 0.25) is 0 Å². The van der Waals surface area contributed by atoms with Gasteiger partial charge in [-0.15, -0.1) is 0 Å². The Morgan fingerprint density at radius 2 is 1.37 bits per heavy atom. The zero-order valence-corrected chi connectivity index (χ0v) is 19.5. The minimum absolute atomic E-state index is 0.237. The zero-order chi connectivity index (χ0) is 25.5. The summed E-state index contributed by atoms with van der Waals surface area (Å²) in [5.74, 6) is 0.784. The molecule has 2 saturated heterocycles. The summed E-state index contributed by atoms with van der Waals surface area (Å²) in [6, 6.07) is 7.73. The fraction of sp³-hybridized carbons (Fsp3) is 0.739. The van der Waals surface area contributed by atoms with Gasteiger partial charge in [0.15, 0.2) is 12.6 Å². The lowest BCUT2D eigenvalue weighted by atomic mass is 9.97. The number of ether oxygens (including phenoxy) is 5. The maximum Gasteiger partial charge on any atom is 0.187 e. The number of methoxy groups -OCH3 is 1. The van der Waals surface area contributed by atoms with E-state index in [2.05, 4.69) is 0 Å². The van der Waals surface area contributed by atoms with Gasteiger partial charge in [-0.2, -0.15) is 0 Å². The molecule has 3 rings (SSSR count). The van der Waals surface area contributed by atoms with Gasteiger partial charge in [-0.05, 0) is 37.0 Å². The number of hydrogen-bond acceptors (Lipinski definition) is 12. The van der Waals surface area contributed by atoms with Crippen LogP contribution in [0.25, 0.3) is 0 Å². The Hall–Kier alpha value is -1.42. The molecule has 12 heteroatoms. The molecule has 0 radical (unpaired) electrons. The Bertz CT molecular complexity index is 745. The number of rotatable bonds is 11. The largest absolute Gasteiger partial charge is 0.497 e. The van der Waals surface area contributed by atoms with Crippen molar-refractivity contribution in [3.8, 4) is 5.75 Å². The molecular formula is C23H36O12. The number of unbranched alkanes of at least 4 members (excludes halogenated alkanes) is 1. The van der Waals surface area contributed by atoms with Crippen LogP contribution in [0.1, 0.15) is 18.4 Å². The Morgan fingerprint density at radius 1 is 0.743 bits per heavy atom. The lowest BCUT2D eigenvalue weighted by molar-refractivity contribution is -0.359. The van der Waals surface area contributed by atoms with Crippen molar-refractivity contribution in [1.82, 2.24) is 0 Å². The summed E-state index contributed by atoms with van der Waals surface area (Å²) in [6.07, 6.45) is -12.3. The molecule has 7 N–H and O–H groups in total. The van der Waals surface area contributed by atoms with Crippen molar-refractivity contribution in [1.29, 1.82) is 0 Å². The zero-order valence-electron chi connectivity index (χ0n) is 19.5. The normalized spacial score (nSPS) is 37.8. The fourth-order valence-corrected chi connectivity index (χ4v) is 4.12. The standard InChI is InChI=1S/C23H36O12/c1-31-13-7-5-12(6-8-13)4-2-3-9-32-22-20(30)18(28)21(15(11-25)34-22)35-23-19(29)17(27)16(26)14(10-24)33-23/h5-8,14-30H,2-4,9-11H2,1H3. The van der Waals surface area contributed by atoms with Crippen LogP contribution < -0.4 is 4.74 Å². The maximum atomic E-state index is 10.6. The van der Waals surface area contributed by atoms with Gasteiger partial charge < -0.3 is 59.4 Å². The molecule has 0 spiro atoms. The van der Waals surface area contributed by atoms with Crippen LogP contribution in [0, 0.1) is 0 Å². The Morgan fingerprint density at radius 3 is 2.00 bits per heavy atom. The summed E-state index contributed by atoms with van der Waals surface area (Å²) < 4.78 is 27.1. The molecule has 2 aliphatic rings. The van der Waals surface area contributed by atoms with E-state index >= 15 is 0 Å². The number of hydrogen-bond donors (Lipinski definition) is 7. The number of aliphatic hydroxyl groups excluding tert-OH is 7. The van der Waals surface area contributed by atoms with Crippen molar-refractivity contribution in [2.24, 2.45) is 0 Å². The molecule has 2 fully saturated rings. The van der Waals surface area contributed by atoms with Crippen LogP contribution in [0.2, 0.25) is 0 Å². The van der Waals surface area contributed by atoms with Crippen LogP contribution in [0.15, 0.2) is 24.3 Å². The minimum atomic E-state index is -1.71. The van der Waals surface area contributed by atoms with E-state index in [1.165, 1.54) is 0 Å². The summed E-state index contributed by atoms with van der Waals surface area (Å²) in [5, 5.41) is 70.1. The van der Waals surface area contributed by atoms with E-state index in [0.29, 0.717) is 6.42 Å². The molecule has 35 heavy (non-hydrogen) atoms. The van der Waals surface area contributed by atoms with Gasteiger partial charge in [0.05, 0.1) is 20.3 Å². The molecule has 2 heterocycles. The van der Waals surface area contributed by atoms with Gasteiger partial charge in [-0.25, -0.2) is 0 Å².